The van der Waals surface area contributed by atoms with Crippen LogP contribution < -0.4 is 11.1 Å². The maximum atomic E-state index is 13.6. The molecule has 0 aliphatic rings. The Morgan fingerprint density at radius 2 is 2.13 bits per heavy atom. The SMILES string of the molecule is CC(Sc1nc(N)c2ccsc2n1)C(=O)Nc1ccccc1F. The molecule has 1 atom stereocenters. The zero-order valence-corrected chi connectivity index (χ0v) is 13.7. The van der Waals surface area contributed by atoms with Crippen molar-refractivity contribution in [2.45, 2.75) is 17.3 Å². The molecule has 3 rings (SSSR count). The number of nitrogens with two attached hydrogens (primary N) is 1. The van der Waals surface area contributed by atoms with Gasteiger partial charge < -0.3 is 11.1 Å². The first-order valence-electron chi connectivity index (χ1n) is 6.77. The monoisotopic (exact) mass is 348 g/mol. The van der Waals surface area contributed by atoms with E-state index < -0.39 is 11.1 Å². The predicted octanol–water partition coefficient (Wildman–Crippen LogP) is 3.53. The summed E-state index contributed by atoms with van der Waals surface area (Å²) in [6, 6.07) is 7.89. The van der Waals surface area contributed by atoms with Crippen molar-refractivity contribution in [3.63, 3.8) is 0 Å². The largest absolute Gasteiger partial charge is 0.383 e. The number of nitrogens with zero attached hydrogens (tertiary/aromatic N) is 2. The van der Waals surface area contributed by atoms with Crippen molar-refractivity contribution in [3.05, 3.63) is 41.5 Å². The van der Waals surface area contributed by atoms with Crippen LogP contribution in [0.3, 0.4) is 0 Å². The Hall–Kier alpha value is -2.19. The molecule has 0 radical (unpaired) electrons. The standard InChI is InChI=1S/C15H13FN4OS2/c1-8(13(21)18-11-5-3-2-4-10(11)16)23-15-19-12(17)9-6-7-22-14(9)20-15/h2-8H,1H3,(H,18,21)(H2,17,19,20). The molecule has 0 saturated heterocycles. The molecule has 0 fully saturated rings. The molecule has 1 aromatic carbocycles. The summed E-state index contributed by atoms with van der Waals surface area (Å²) in [5.74, 6) is -0.410. The number of rotatable bonds is 4. The van der Waals surface area contributed by atoms with E-state index in [1.165, 1.54) is 35.2 Å². The lowest BCUT2D eigenvalue weighted by molar-refractivity contribution is -0.115. The molecule has 0 aliphatic carbocycles. The van der Waals surface area contributed by atoms with E-state index >= 15 is 0 Å². The summed E-state index contributed by atoms with van der Waals surface area (Å²) in [7, 11) is 0. The average molecular weight is 348 g/mol. The second-order valence-corrected chi connectivity index (χ2v) is 6.96. The number of carbonyl (C=O) groups excluding carboxylic acids is 1. The van der Waals surface area contributed by atoms with Gasteiger partial charge in [-0.25, -0.2) is 14.4 Å². The number of amides is 1. The van der Waals surface area contributed by atoms with Gasteiger partial charge in [0.1, 0.15) is 16.5 Å². The van der Waals surface area contributed by atoms with Crippen LogP contribution in [-0.4, -0.2) is 21.1 Å². The number of para-hydroxylation sites is 1. The maximum absolute atomic E-state index is 13.6. The quantitative estimate of drug-likeness (QED) is 0.557. The van der Waals surface area contributed by atoms with Gasteiger partial charge in [0.05, 0.1) is 16.3 Å². The summed E-state index contributed by atoms with van der Waals surface area (Å²) in [4.78, 5) is 21.5. The van der Waals surface area contributed by atoms with E-state index in [9.17, 15) is 9.18 Å². The summed E-state index contributed by atoms with van der Waals surface area (Å²) < 4.78 is 13.6. The van der Waals surface area contributed by atoms with E-state index in [0.29, 0.717) is 11.0 Å². The normalized spacial score (nSPS) is 12.3. The van der Waals surface area contributed by atoms with E-state index in [0.717, 1.165) is 10.2 Å². The molecule has 118 valence electrons. The van der Waals surface area contributed by atoms with Crippen molar-refractivity contribution in [1.29, 1.82) is 0 Å². The highest BCUT2D eigenvalue weighted by Gasteiger charge is 2.18. The number of benzene rings is 1. The Bertz CT molecular complexity index is 868. The molecule has 5 nitrogen and oxygen atoms in total. The molecule has 1 unspecified atom stereocenters. The molecule has 0 spiro atoms. The third-order valence-corrected chi connectivity index (χ3v) is 4.88. The number of thiophene rings is 1. The lowest BCUT2D eigenvalue weighted by atomic mass is 10.3. The van der Waals surface area contributed by atoms with E-state index in [4.69, 9.17) is 5.73 Å². The van der Waals surface area contributed by atoms with E-state index in [-0.39, 0.29) is 11.6 Å². The van der Waals surface area contributed by atoms with E-state index in [1.54, 1.807) is 19.1 Å². The summed E-state index contributed by atoms with van der Waals surface area (Å²) >= 11 is 2.64. The van der Waals surface area contributed by atoms with Crippen molar-refractivity contribution in [1.82, 2.24) is 9.97 Å². The minimum absolute atomic E-state index is 0.152. The molecule has 3 N–H and O–H groups in total. The molecule has 2 heterocycles. The van der Waals surface area contributed by atoms with Gasteiger partial charge in [0.25, 0.3) is 0 Å². The molecular weight excluding hydrogens is 335 g/mol. The molecule has 8 heteroatoms. The third-order valence-electron chi connectivity index (χ3n) is 3.12. The van der Waals surface area contributed by atoms with Gasteiger partial charge in [-0.1, -0.05) is 23.9 Å². The van der Waals surface area contributed by atoms with Crippen molar-refractivity contribution in [2.75, 3.05) is 11.1 Å². The average Bonchev–Trinajstić information content (AvgIpc) is 2.98. The van der Waals surface area contributed by atoms with E-state index in [1.807, 2.05) is 11.4 Å². The van der Waals surface area contributed by atoms with Gasteiger partial charge in [0.15, 0.2) is 5.16 Å². The molecule has 0 saturated carbocycles. The Balaban J connectivity index is 1.73. The number of thioether (sulfide) groups is 1. The molecule has 23 heavy (non-hydrogen) atoms. The number of aromatic nitrogens is 2. The lowest BCUT2D eigenvalue weighted by Crippen LogP contribution is -2.23. The topological polar surface area (TPSA) is 80.9 Å². The number of carbonyl (C=O) groups is 1. The van der Waals surface area contributed by atoms with Gasteiger partial charge in [0, 0.05) is 0 Å². The number of nitrogen functional groups attached to an aromatic ring is 1. The van der Waals surface area contributed by atoms with Gasteiger partial charge in [-0.05, 0) is 30.5 Å². The Morgan fingerprint density at radius 1 is 1.35 bits per heavy atom. The first-order valence-corrected chi connectivity index (χ1v) is 8.53. The van der Waals surface area contributed by atoms with E-state index in [2.05, 4.69) is 15.3 Å². The van der Waals surface area contributed by atoms with Gasteiger partial charge in [-0.3, -0.25) is 4.79 Å². The Labute approximate surface area is 140 Å². The highest BCUT2D eigenvalue weighted by molar-refractivity contribution is 8.00. The first kappa shape index (κ1) is 15.7. The fourth-order valence-electron chi connectivity index (χ4n) is 1.92. The van der Waals surface area contributed by atoms with Crippen LogP contribution >= 0.6 is 23.1 Å². The van der Waals surface area contributed by atoms with Crippen molar-refractivity contribution in [3.8, 4) is 0 Å². The van der Waals surface area contributed by atoms with Crippen LogP contribution in [-0.2, 0) is 4.79 Å². The van der Waals surface area contributed by atoms with Crippen molar-refractivity contribution >= 4 is 50.7 Å². The van der Waals surface area contributed by atoms with Crippen LogP contribution in [0.25, 0.3) is 10.2 Å². The molecule has 3 aromatic rings. The predicted molar refractivity (Wildman–Crippen MR) is 92.2 cm³/mol. The van der Waals surface area contributed by atoms with Crippen molar-refractivity contribution in [2.24, 2.45) is 0 Å². The summed E-state index contributed by atoms with van der Waals surface area (Å²) in [6.45, 7) is 1.71. The summed E-state index contributed by atoms with van der Waals surface area (Å²) in [5.41, 5.74) is 6.04. The molecule has 0 bridgehead atoms. The zero-order valence-electron chi connectivity index (χ0n) is 12.1. The number of fused-ring (bicyclic) bond motifs is 1. The van der Waals surface area contributed by atoms with Crippen LogP contribution in [0.2, 0.25) is 0 Å². The van der Waals surface area contributed by atoms with Gasteiger partial charge >= 0.3 is 0 Å². The van der Waals surface area contributed by atoms with Crippen LogP contribution in [0.5, 0.6) is 0 Å². The highest BCUT2D eigenvalue weighted by atomic mass is 32.2. The molecule has 0 aliphatic heterocycles. The lowest BCUT2D eigenvalue weighted by Gasteiger charge is -2.12. The van der Waals surface area contributed by atoms with Gasteiger partial charge in [0.2, 0.25) is 5.91 Å². The number of halogens is 1. The highest BCUT2D eigenvalue weighted by Crippen LogP contribution is 2.28. The van der Waals surface area contributed by atoms with Gasteiger partial charge in [-0.2, -0.15) is 0 Å². The van der Waals surface area contributed by atoms with Crippen LogP contribution in [0, 0.1) is 5.82 Å². The molecular formula is C15H13FN4OS2. The van der Waals surface area contributed by atoms with Crippen molar-refractivity contribution < 1.29 is 9.18 Å². The number of hydrogen-bond donors (Lipinski definition) is 2. The van der Waals surface area contributed by atoms with Crippen LogP contribution in [0.15, 0.2) is 40.9 Å². The van der Waals surface area contributed by atoms with Gasteiger partial charge in [-0.15, -0.1) is 11.3 Å². The number of anilines is 2. The fraction of sp³-hybridized carbons (Fsp3) is 0.133. The Kier molecular flexibility index (Phi) is 4.44. The van der Waals surface area contributed by atoms with Crippen LogP contribution in [0.4, 0.5) is 15.9 Å². The smallest absolute Gasteiger partial charge is 0.237 e. The number of nitrogens with one attached hydrogen (secondary N) is 1. The maximum Gasteiger partial charge on any atom is 0.237 e. The zero-order chi connectivity index (χ0) is 16.4. The first-order chi connectivity index (χ1) is 11.0. The molecule has 1 amide bonds. The minimum atomic E-state index is -0.494. The van der Waals surface area contributed by atoms with Crippen LogP contribution in [0.1, 0.15) is 6.92 Å². The third kappa shape index (κ3) is 3.43. The molecule has 2 aromatic heterocycles. The minimum Gasteiger partial charge on any atom is -0.383 e. The number of hydrogen-bond acceptors (Lipinski definition) is 6. The Morgan fingerprint density at radius 3 is 2.91 bits per heavy atom. The second kappa shape index (κ2) is 6.51. The fourth-order valence-corrected chi connectivity index (χ4v) is 3.53. The summed E-state index contributed by atoms with van der Waals surface area (Å²) in [5, 5.41) is 5.18. The summed E-state index contributed by atoms with van der Waals surface area (Å²) in [6.07, 6.45) is 0. The second-order valence-electron chi connectivity index (χ2n) is 4.76.